The van der Waals surface area contributed by atoms with Gasteiger partial charge in [-0.15, -0.1) is 0 Å². The lowest BCUT2D eigenvalue weighted by Crippen LogP contribution is -2.20. The van der Waals surface area contributed by atoms with Crippen LogP contribution in [0.4, 0.5) is 0 Å². The third-order valence-corrected chi connectivity index (χ3v) is 3.67. The van der Waals surface area contributed by atoms with Crippen LogP contribution in [-0.4, -0.2) is 22.6 Å². The monoisotopic (exact) mass is 179 g/mol. The molecule has 12 heavy (non-hydrogen) atoms. The van der Waals surface area contributed by atoms with Crippen LogP contribution in [0.3, 0.4) is 0 Å². The fourth-order valence-electron chi connectivity index (χ4n) is 1.24. The Morgan fingerprint density at radius 3 is 2.67 bits per heavy atom. The fourth-order valence-corrected chi connectivity index (χ4v) is 2.68. The van der Waals surface area contributed by atoms with Gasteiger partial charge >= 0.3 is 0 Å². The average molecular weight is 179 g/mol. The molecule has 0 amide bonds. The molecular weight excluding hydrogens is 162 g/mol. The molecular formula is C10H17NSi. The number of hydrogen-bond acceptors (Lipinski definition) is 1. The summed E-state index contributed by atoms with van der Waals surface area (Å²) >= 11 is 0. The predicted octanol–water partition coefficient (Wildman–Crippen LogP) is 0.508. The molecule has 0 fully saturated rings. The van der Waals surface area contributed by atoms with Crippen molar-refractivity contribution >= 4 is 14.7 Å². The molecule has 0 unspecified atom stereocenters. The molecule has 0 heterocycles. The summed E-state index contributed by atoms with van der Waals surface area (Å²) in [4.78, 5) is 0. The molecule has 0 atom stereocenters. The Kier molecular flexibility index (Phi) is 4.72. The van der Waals surface area contributed by atoms with E-state index in [4.69, 9.17) is 0 Å². The Balaban J connectivity index is 2.16. The minimum atomic E-state index is 0.00577. The predicted molar refractivity (Wildman–Crippen MR) is 58.0 cm³/mol. The van der Waals surface area contributed by atoms with Crippen LogP contribution in [0.1, 0.15) is 6.92 Å². The Bertz CT molecular complexity index is 198. The smallest absolute Gasteiger partial charge is 0.0560 e. The van der Waals surface area contributed by atoms with Gasteiger partial charge in [0, 0.05) is 0 Å². The summed E-state index contributed by atoms with van der Waals surface area (Å²) in [5.41, 5.74) is 0. The highest BCUT2D eigenvalue weighted by Crippen LogP contribution is 1.83. The first kappa shape index (κ1) is 9.48. The Morgan fingerprint density at radius 1 is 1.25 bits per heavy atom. The average Bonchev–Trinajstić information content (AvgIpc) is 2.14. The van der Waals surface area contributed by atoms with Crippen LogP contribution in [0.25, 0.3) is 0 Å². The highest BCUT2D eigenvalue weighted by Gasteiger charge is 1.90. The zero-order chi connectivity index (χ0) is 8.65. The molecule has 66 valence electrons. The van der Waals surface area contributed by atoms with E-state index in [1.54, 1.807) is 5.19 Å². The molecule has 0 aliphatic carbocycles. The van der Waals surface area contributed by atoms with E-state index in [0.717, 1.165) is 6.54 Å². The second-order valence-corrected chi connectivity index (χ2v) is 4.97. The normalized spacial score (nSPS) is 11.1. The molecule has 1 aromatic rings. The van der Waals surface area contributed by atoms with E-state index >= 15 is 0 Å². The van der Waals surface area contributed by atoms with Gasteiger partial charge in [0.2, 0.25) is 0 Å². The van der Waals surface area contributed by atoms with E-state index in [9.17, 15) is 0 Å². The molecule has 1 rings (SSSR count). The van der Waals surface area contributed by atoms with Crippen molar-refractivity contribution in [1.29, 1.82) is 0 Å². The largest absolute Gasteiger partial charge is 0.317 e. The molecule has 0 saturated heterocycles. The second-order valence-electron chi connectivity index (χ2n) is 2.94. The molecule has 0 aromatic heterocycles. The van der Waals surface area contributed by atoms with Gasteiger partial charge in [0.15, 0.2) is 0 Å². The van der Waals surface area contributed by atoms with Gasteiger partial charge in [-0.05, 0) is 19.1 Å². The Morgan fingerprint density at radius 2 is 2.00 bits per heavy atom. The van der Waals surface area contributed by atoms with Crippen LogP contribution in [0.2, 0.25) is 6.04 Å². The second kappa shape index (κ2) is 5.97. The van der Waals surface area contributed by atoms with Crippen molar-refractivity contribution in [2.45, 2.75) is 13.0 Å². The summed E-state index contributed by atoms with van der Waals surface area (Å²) in [5, 5.41) is 4.93. The van der Waals surface area contributed by atoms with E-state index in [0.29, 0.717) is 0 Å². The first-order valence-corrected chi connectivity index (χ1v) is 6.39. The maximum absolute atomic E-state index is 3.35. The number of nitrogens with one attached hydrogen (secondary N) is 1. The maximum Gasteiger partial charge on any atom is 0.0560 e. The van der Waals surface area contributed by atoms with Gasteiger partial charge in [-0.2, -0.15) is 0 Å². The zero-order valence-electron chi connectivity index (χ0n) is 7.72. The third kappa shape index (κ3) is 3.69. The van der Waals surface area contributed by atoms with Crippen LogP contribution in [0.15, 0.2) is 30.3 Å². The van der Waals surface area contributed by atoms with Gasteiger partial charge < -0.3 is 5.32 Å². The van der Waals surface area contributed by atoms with Gasteiger partial charge in [-0.3, -0.25) is 0 Å². The lowest BCUT2D eigenvalue weighted by atomic mass is 10.4. The van der Waals surface area contributed by atoms with E-state index in [-0.39, 0.29) is 9.52 Å². The van der Waals surface area contributed by atoms with Crippen LogP contribution >= 0.6 is 0 Å². The summed E-state index contributed by atoms with van der Waals surface area (Å²) in [7, 11) is 0.00577. The number of hydrogen-bond donors (Lipinski definition) is 1. The van der Waals surface area contributed by atoms with Gasteiger partial charge in [-0.25, -0.2) is 0 Å². The van der Waals surface area contributed by atoms with Crippen molar-refractivity contribution in [3.05, 3.63) is 30.3 Å². The lowest BCUT2D eigenvalue weighted by Gasteiger charge is -2.00. The first-order chi connectivity index (χ1) is 5.93. The molecule has 1 aromatic carbocycles. The van der Waals surface area contributed by atoms with Crippen LogP contribution in [0.5, 0.6) is 0 Å². The highest BCUT2D eigenvalue weighted by molar-refractivity contribution is 6.53. The SMILES string of the molecule is CCNCC[SiH2]c1ccccc1. The molecule has 1 nitrogen and oxygen atoms in total. The summed E-state index contributed by atoms with van der Waals surface area (Å²) in [6.07, 6.45) is 0. The quantitative estimate of drug-likeness (QED) is 0.513. The summed E-state index contributed by atoms with van der Waals surface area (Å²) in [5.74, 6) is 0. The van der Waals surface area contributed by atoms with Crippen molar-refractivity contribution < 1.29 is 0 Å². The molecule has 1 N–H and O–H groups in total. The van der Waals surface area contributed by atoms with Crippen molar-refractivity contribution in [1.82, 2.24) is 5.32 Å². The molecule has 2 heteroatoms. The standard InChI is InChI=1S/C10H17NSi/c1-2-11-8-9-12-10-6-4-3-5-7-10/h3-7,11H,2,8-9,12H2,1H3. The first-order valence-electron chi connectivity index (χ1n) is 4.68. The summed E-state index contributed by atoms with van der Waals surface area (Å²) in [6.45, 7) is 4.45. The topological polar surface area (TPSA) is 12.0 Å². The van der Waals surface area contributed by atoms with E-state index in [1.807, 2.05) is 0 Å². The van der Waals surface area contributed by atoms with Gasteiger partial charge in [0.25, 0.3) is 0 Å². The van der Waals surface area contributed by atoms with Crippen LogP contribution in [0, 0.1) is 0 Å². The third-order valence-electron chi connectivity index (χ3n) is 1.91. The van der Waals surface area contributed by atoms with Gasteiger partial charge in [-0.1, -0.05) is 42.4 Å². The van der Waals surface area contributed by atoms with Crippen LogP contribution in [-0.2, 0) is 0 Å². The Hall–Kier alpha value is -0.603. The molecule has 0 aliphatic rings. The van der Waals surface area contributed by atoms with Gasteiger partial charge in [0.1, 0.15) is 0 Å². The molecule has 0 saturated carbocycles. The minimum absolute atomic E-state index is 0.00577. The van der Waals surface area contributed by atoms with E-state index < -0.39 is 0 Å². The number of benzene rings is 1. The molecule has 0 aliphatic heterocycles. The number of rotatable bonds is 5. The Labute approximate surface area is 77.0 Å². The minimum Gasteiger partial charge on any atom is -0.317 e. The van der Waals surface area contributed by atoms with Crippen molar-refractivity contribution in [2.24, 2.45) is 0 Å². The summed E-state index contributed by atoms with van der Waals surface area (Å²) in [6, 6.07) is 12.2. The van der Waals surface area contributed by atoms with E-state index in [2.05, 4.69) is 42.6 Å². The van der Waals surface area contributed by atoms with Crippen LogP contribution < -0.4 is 10.5 Å². The molecule has 0 radical (unpaired) electrons. The lowest BCUT2D eigenvalue weighted by molar-refractivity contribution is 0.761. The maximum atomic E-state index is 3.35. The van der Waals surface area contributed by atoms with Gasteiger partial charge in [0.05, 0.1) is 9.52 Å². The van der Waals surface area contributed by atoms with Crippen molar-refractivity contribution in [3.8, 4) is 0 Å². The zero-order valence-corrected chi connectivity index (χ0v) is 9.13. The van der Waals surface area contributed by atoms with E-state index in [1.165, 1.54) is 12.6 Å². The molecule has 0 bridgehead atoms. The van der Waals surface area contributed by atoms with Crippen molar-refractivity contribution in [3.63, 3.8) is 0 Å². The molecule has 0 spiro atoms. The summed E-state index contributed by atoms with van der Waals surface area (Å²) < 4.78 is 0. The van der Waals surface area contributed by atoms with Crippen molar-refractivity contribution in [2.75, 3.05) is 13.1 Å². The highest BCUT2D eigenvalue weighted by atomic mass is 28.2. The fraction of sp³-hybridized carbons (Fsp3) is 0.400.